The molecule has 1 aliphatic heterocycles. The maximum Gasteiger partial charge on any atom is 0.411 e. The molecule has 1 aliphatic rings. The Morgan fingerprint density at radius 2 is 1.82 bits per heavy atom. The van der Waals surface area contributed by atoms with Gasteiger partial charge in [-0.05, 0) is 28.9 Å². The van der Waals surface area contributed by atoms with Crippen LogP contribution in [0.1, 0.15) is 65.6 Å². The highest BCUT2D eigenvalue weighted by atomic mass is 16.6. The van der Waals surface area contributed by atoms with Crippen LogP contribution in [0.15, 0.2) is 36.9 Å². The Morgan fingerprint density at radius 1 is 1.18 bits per heavy atom. The molecule has 1 heterocycles. The van der Waals surface area contributed by atoms with Crippen LogP contribution in [-0.4, -0.2) is 47.2 Å². The second-order valence-corrected chi connectivity index (χ2v) is 10.5. The van der Waals surface area contributed by atoms with Crippen molar-refractivity contribution in [3.8, 4) is 0 Å². The smallest absolute Gasteiger partial charge is 0.411 e. The Kier molecular flexibility index (Phi) is 7.93. The highest BCUT2D eigenvalue weighted by molar-refractivity contribution is 5.83. The summed E-state index contributed by atoms with van der Waals surface area (Å²) >= 11 is 0. The van der Waals surface area contributed by atoms with Crippen molar-refractivity contribution in [1.29, 1.82) is 0 Å². The SMILES string of the molecule is C=CCOC(=O)N1[C@H](C(=O)OCC)[C@@H](C(C)(C)C)C([N+](=O)[O-])[C@@H]1c1cccc(C(C)(C)C)c1. The average molecular weight is 461 g/mol. The molecule has 0 saturated carbocycles. The van der Waals surface area contributed by atoms with Crippen LogP contribution in [0.4, 0.5) is 4.79 Å². The number of benzene rings is 1. The largest absolute Gasteiger partial charge is 0.464 e. The molecule has 0 bridgehead atoms. The number of nitro groups is 1. The van der Waals surface area contributed by atoms with Crippen molar-refractivity contribution < 1.29 is 24.0 Å². The van der Waals surface area contributed by atoms with Gasteiger partial charge >= 0.3 is 12.1 Å². The topological polar surface area (TPSA) is 99.0 Å². The third-order valence-corrected chi connectivity index (χ3v) is 6.03. The Bertz CT molecular complexity index is 899. The number of carbonyl (C=O) groups is 2. The molecule has 1 aromatic carbocycles. The lowest BCUT2D eigenvalue weighted by Crippen LogP contribution is -2.48. The van der Waals surface area contributed by atoms with Crippen molar-refractivity contribution in [3.05, 3.63) is 58.2 Å². The minimum atomic E-state index is -1.23. The van der Waals surface area contributed by atoms with Gasteiger partial charge in [-0.25, -0.2) is 9.59 Å². The number of hydrogen-bond acceptors (Lipinski definition) is 6. The fraction of sp³-hybridized carbons (Fsp3) is 0.600. The quantitative estimate of drug-likeness (QED) is 0.259. The van der Waals surface area contributed by atoms with Gasteiger partial charge in [-0.3, -0.25) is 15.0 Å². The predicted molar refractivity (Wildman–Crippen MR) is 125 cm³/mol. The minimum Gasteiger partial charge on any atom is -0.464 e. The molecule has 33 heavy (non-hydrogen) atoms. The Labute approximate surface area is 196 Å². The average Bonchev–Trinajstić information content (AvgIpc) is 3.09. The molecule has 4 atom stereocenters. The summed E-state index contributed by atoms with van der Waals surface area (Å²) in [6, 6.07) is 4.01. The van der Waals surface area contributed by atoms with Gasteiger partial charge in [0.25, 0.3) is 0 Å². The monoisotopic (exact) mass is 460 g/mol. The second-order valence-electron chi connectivity index (χ2n) is 10.5. The summed E-state index contributed by atoms with van der Waals surface area (Å²) in [7, 11) is 0. The van der Waals surface area contributed by atoms with Crippen LogP contribution >= 0.6 is 0 Å². The van der Waals surface area contributed by atoms with E-state index in [9.17, 15) is 19.7 Å². The molecule has 8 nitrogen and oxygen atoms in total. The second kappa shape index (κ2) is 9.93. The standard InChI is InChI=1S/C25H36N2O6/c1-9-14-33-23(29)26-19(16-12-11-13-17(15-16)24(3,4)5)20(27(30)31)18(25(6,7)8)21(26)22(28)32-10-2/h9,11-13,15,18-21H,1,10,14H2,2-8H3/t18-,19-,20?,21-/m0/s1. The number of likely N-dealkylation sites (tertiary alicyclic amines) is 1. The van der Waals surface area contributed by atoms with Crippen molar-refractivity contribution >= 4 is 12.1 Å². The van der Waals surface area contributed by atoms with Crippen LogP contribution in [0, 0.1) is 21.4 Å². The minimum absolute atomic E-state index is 0.0804. The van der Waals surface area contributed by atoms with Crippen LogP contribution < -0.4 is 0 Å². The van der Waals surface area contributed by atoms with Crippen molar-refractivity contribution in [2.75, 3.05) is 13.2 Å². The number of hydrogen-bond donors (Lipinski definition) is 0. The molecule has 1 saturated heterocycles. The van der Waals surface area contributed by atoms with Crippen molar-refractivity contribution in [3.63, 3.8) is 0 Å². The number of esters is 1. The predicted octanol–water partition coefficient (Wildman–Crippen LogP) is 4.90. The van der Waals surface area contributed by atoms with Crippen molar-refractivity contribution in [2.24, 2.45) is 11.3 Å². The third kappa shape index (κ3) is 5.54. The van der Waals surface area contributed by atoms with Gasteiger partial charge in [0.1, 0.15) is 18.7 Å². The van der Waals surface area contributed by atoms with E-state index in [2.05, 4.69) is 6.58 Å². The molecule has 0 N–H and O–H groups in total. The molecule has 0 radical (unpaired) electrons. The van der Waals surface area contributed by atoms with Gasteiger partial charge in [0, 0.05) is 4.92 Å². The van der Waals surface area contributed by atoms with Gasteiger partial charge in [-0.2, -0.15) is 0 Å². The van der Waals surface area contributed by atoms with Crippen LogP contribution in [0.2, 0.25) is 0 Å². The van der Waals surface area contributed by atoms with Crippen LogP contribution in [0.5, 0.6) is 0 Å². The van der Waals surface area contributed by atoms with E-state index >= 15 is 0 Å². The number of rotatable bonds is 6. The van der Waals surface area contributed by atoms with E-state index in [1.54, 1.807) is 13.0 Å². The lowest BCUT2D eigenvalue weighted by molar-refractivity contribution is -0.536. The summed E-state index contributed by atoms with van der Waals surface area (Å²) in [5.74, 6) is -1.47. The fourth-order valence-electron chi connectivity index (χ4n) is 4.59. The summed E-state index contributed by atoms with van der Waals surface area (Å²) < 4.78 is 10.6. The first-order valence-corrected chi connectivity index (χ1v) is 11.2. The summed E-state index contributed by atoms with van der Waals surface area (Å²) in [5.41, 5.74) is 0.661. The maximum absolute atomic E-state index is 13.3. The molecule has 1 aromatic rings. The summed E-state index contributed by atoms with van der Waals surface area (Å²) in [6.07, 6.45) is 0.604. The first kappa shape index (κ1) is 26.4. The van der Waals surface area contributed by atoms with E-state index in [0.717, 1.165) is 5.56 Å². The first-order chi connectivity index (χ1) is 15.3. The molecular weight excluding hydrogens is 424 g/mol. The highest BCUT2D eigenvalue weighted by Crippen LogP contribution is 2.50. The number of nitrogens with zero attached hydrogens (tertiary/aromatic N) is 2. The van der Waals surface area contributed by atoms with E-state index in [1.165, 1.54) is 11.0 Å². The van der Waals surface area contributed by atoms with E-state index in [-0.39, 0.29) is 23.6 Å². The Balaban J connectivity index is 2.80. The van der Waals surface area contributed by atoms with Gasteiger partial charge in [-0.1, -0.05) is 78.5 Å². The zero-order valence-corrected chi connectivity index (χ0v) is 20.7. The zero-order valence-electron chi connectivity index (χ0n) is 20.7. The Morgan fingerprint density at radius 3 is 2.30 bits per heavy atom. The molecule has 1 fully saturated rings. The number of carbonyl (C=O) groups excluding carboxylic acids is 2. The van der Waals surface area contributed by atoms with Crippen molar-refractivity contribution in [2.45, 2.75) is 72.0 Å². The lowest BCUT2D eigenvalue weighted by atomic mass is 9.72. The van der Waals surface area contributed by atoms with Crippen LogP contribution in [0.3, 0.4) is 0 Å². The van der Waals surface area contributed by atoms with Crippen LogP contribution in [-0.2, 0) is 19.7 Å². The molecule has 0 spiro atoms. The van der Waals surface area contributed by atoms with Gasteiger partial charge in [0.05, 0.1) is 12.5 Å². The highest BCUT2D eigenvalue weighted by Gasteiger charge is 2.64. The summed E-state index contributed by atoms with van der Waals surface area (Å²) in [6.45, 7) is 16.9. The molecule has 2 rings (SSSR count). The third-order valence-electron chi connectivity index (χ3n) is 6.03. The molecule has 0 aliphatic carbocycles. The Hall–Kier alpha value is -2.90. The maximum atomic E-state index is 13.3. The van der Waals surface area contributed by atoms with E-state index in [0.29, 0.717) is 5.56 Å². The van der Waals surface area contributed by atoms with Gasteiger partial charge in [0.15, 0.2) is 0 Å². The summed E-state index contributed by atoms with van der Waals surface area (Å²) in [4.78, 5) is 39.7. The normalized spacial score (nSPS) is 23.2. The molecule has 1 amide bonds. The molecule has 182 valence electrons. The first-order valence-electron chi connectivity index (χ1n) is 11.2. The van der Waals surface area contributed by atoms with Gasteiger partial charge in [0.2, 0.25) is 6.04 Å². The van der Waals surface area contributed by atoms with Crippen molar-refractivity contribution in [1.82, 2.24) is 4.90 Å². The molecule has 8 heteroatoms. The number of amides is 1. The summed E-state index contributed by atoms with van der Waals surface area (Å²) in [5, 5.41) is 12.5. The number of ether oxygens (including phenoxy) is 2. The van der Waals surface area contributed by atoms with Crippen LogP contribution in [0.25, 0.3) is 0 Å². The van der Waals surface area contributed by atoms with Gasteiger partial charge < -0.3 is 9.47 Å². The lowest BCUT2D eigenvalue weighted by Gasteiger charge is -2.32. The molecule has 0 aromatic heterocycles. The van der Waals surface area contributed by atoms with E-state index in [1.807, 2.05) is 59.7 Å². The van der Waals surface area contributed by atoms with E-state index < -0.39 is 41.5 Å². The molecular formula is C25H36N2O6. The fourth-order valence-corrected chi connectivity index (χ4v) is 4.59. The zero-order chi connectivity index (χ0) is 25.1. The van der Waals surface area contributed by atoms with E-state index in [4.69, 9.17) is 9.47 Å². The van der Waals surface area contributed by atoms with Gasteiger partial charge in [-0.15, -0.1) is 0 Å². The molecule has 1 unspecified atom stereocenters.